The number of aromatic carboxylic acids is 1. The molecule has 2 rings (SSSR count). The third-order valence-electron chi connectivity index (χ3n) is 1.97. The number of rotatable bonds is 3. The van der Waals surface area contributed by atoms with Crippen molar-refractivity contribution in [2.45, 2.75) is 6.61 Å². The molecular weight excluding hydrogens is 238 g/mol. The van der Waals surface area contributed by atoms with Gasteiger partial charge in [0.1, 0.15) is 16.8 Å². The molecule has 0 unspecified atom stereocenters. The number of hydrogen-bond acceptors (Lipinski definition) is 5. The molecule has 0 aliphatic rings. The molecule has 17 heavy (non-hydrogen) atoms. The monoisotopic (exact) mass is 244 g/mol. The number of ether oxygens (including phenoxy) is 1. The highest BCUT2D eigenvalue weighted by atomic mass is 19.3. The molecular formula is C9H6F2N2O4. The van der Waals surface area contributed by atoms with E-state index in [-0.39, 0.29) is 28.3 Å². The van der Waals surface area contributed by atoms with Gasteiger partial charge in [-0.3, -0.25) is 0 Å². The number of fused-ring (bicyclic) bond motifs is 1. The summed E-state index contributed by atoms with van der Waals surface area (Å²) in [6.45, 7) is -3.00. The van der Waals surface area contributed by atoms with E-state index in [4.69, 9.17) is 15.3 Å². The van der Waals surface area contributed by atoms with E-state index < -0.39 is 12.6 Å². The zero-order valence-corrected chi connectivity index (χ0v) is 8.18. The largest absolute Gasteiger partial charge is 0.477 e. The van der Waals surface area contributed by atoms with Gasteiger partial charge in [0.25, 0.3) is 0 Å². The van der Waals surface area contributed by atoms with Crippen molar-refractivity contribution in [1.29, 1.82) is 0 Å². The average molecular weight is 244 g/mol. The lowest BCUT2D eigenvalue weighted by Crippen LogP contribution is -2.02. The maximum atomic E-state index is 11.9. The fourth-order valence-corrected chi connectivity index (χ4v) is 1.35. The third kappa shape index (κ3) is 1.96. The maximum absolute atomic E-state index is 11.9. The number of nitrogens with two attached hydrogens (primary N) is 1. The Balaban J connectivity index is 2.54. The summed E-state index contributed by atoms with van der Waals surface area (Å²) in [7, 11) is 0. The maximum Gasteiger partial charge on any atom is 0.387 e. The van der Waals surface area contributed by atoms with Crippen LogP contribution >= 0.6 is 0 Å². The lowest BCUT2D eigenvalue weighted by atomic mass is 10.2. The average Bonchev–Trinajstić information content (AvgIpc) is 2.51. The Hall–Kier alpha value is -2.38. The SMILES string of the molecule is Nc1oc2cc(OC(F)F)cnc2c1C(=O)O. The van der Waals surface area contributed by atoms with Crippen LogP contribution in [0.5, 0.6) is 5.75 Å². The molecule has 0 saturated heterocycles. The number of carboxylic acid groups (broad SMARTS) is 1. The summed E-state index contributed by atoms with van der Waals surface area (Å²) in [5, 5.41) is 8.84. The van der Waals surface area contributed by atoms with Gasteiger partial charge in [-0.25, -0.2) is 9.78 Å². The standard InChI is InChI=1S/C9H6F2N2O4/c10-9(11)16-3-1-4-6(13-2-3)5(8(14)15)7(12)17-4/h1-2,9H,12H2,(H,14,15). The molecule has 0 amide bonds. The lowest BCUT2D eigenvalue weighted by molar-refractivity contribution is -0.0500. The summed E-state index contributed by atoms with van der Waals surface area (Å²) < 4.78 is 32.8. The van der Waals surface area contributed by atoms with E-state index in [1.807, 2.05) is 0 Å². The molecule has 6 nitrogen and oxygen atoms in total. The van der Waals surface area contributed by atoms with E-state index >= 15 is 0 Å². The fraction of sp³-hybridized carbons (Fsp3) is 0.111. The van der Waals surface area contributed by atoms with Crippen molar-refractivity contribution in [3.8, 4) is 5.75 Å². The molecule has 2 heterocycles. The molecule has 0 saturated carbocycles. The lowest BCUT2D eigenvalue weighted by Gasteiger charge is -2.02. The Morgan fingerprint density at radius 2 is 2.29 bits per heavy atom. The molecule has 0 aromatic carbocycles. The zero-order valence-electron chi connectivity index (χ0n) is 8.18. The van der Waals surface area contributed by atoms with Crippen LogP contribution in [0.25, 0.3) is 11.1 Å². The van der Waals surface area contributed by atoms with Gasteiger partial charge < -0.3 is 20.0 Å². The summed E-state index contributed by atoms with van der Waals surface area (Å²) >= 11 is 0. The van der Waals surface area contributed by atoms with Crippen LogP contribution in [0.3, 0.4) is 0 Å². The van der Waals surface area contributed by atoms with E-state index in [1.54, 1.807) is 0 Å². The zero-order chi connectivity index (χ0) is 12.6. The van der Waals surface area contributed by atoms with Crippen molar-refractivity contribution in [2.24, 2.45) is 0 Å². The predicted molar refractivity (Wildman–Crippen MR) is 52.0 cm³/mol. The van der Waals surface area contributed by atoms with Crippen molar-refractivity contribution < 1.29 is 27.8 Å². The Morgan fingerprint density at radius 3 is 2.88 bits per heavy atom. The summed E-state index contributed by atoms with van der Waals surface area (Å²) in [5.74, 6) is -1.89. The highest BCUT2D eigenvalue weighted by Gasteiger charge is 2.20. The Labute approximate surface area is 92.6 Å². The second-order valence-electron chi connectivity index (χ2n) is 3.04. The van der Waals surface area contributed by atoms with Crippen LogP contribution in [0.1, 0.15) is 10.4 Å². The number of hydrogen-bond donors (Lipinski definition) is 2. The first kappa shape index (κ1) is 11.1. The van der Waals surface area contributed by atoms with E-state index in [2.05, 4.69) is 9.72 Å². The highest BCUT2D eigenvalue weighted by Crippen LogP contribution is 2.29. The van der Waals surface area contributed by atoms with Gasteiger partial charge in [-0.15, -0.1) is 0 Å². The Morgan fingerprint density at radius 1 is 1.59 bits per heavy atom. The molecule has 0 fully saturated rings. The number of carbonyl (C=O) groups is 1. The molecule has 3 N–H and O–H groups in total. The molecule has 0 aliphatic heterocycles. The van der Waals surface area contributed by atoms with E-state index in [0.29, 0.717) is 0 Å². The number of nitrogens with zero attached hydrogens (tertiary/aromatic N) is 1. The minimum Gasteiger partial charge on any atom is -0.477 e. The van der Waals surface area contributed by atoms with Gasteiger partial charge in [0.05, 0.1) is 6.20 Å². The molecule has 0 bridgehead atoms. The quantitative estimate of drug-likeness (QED) is 0.852. The fourth-order valence-electron chi connectivity index (χ4n) is 1.35. The summed E-state index contributed by atoms with van der Waals surface area (Å²) in [5.41, 5.74) is 4.98. The van der Waals surface area contributed by atoms with Crippen molar-refractivity contribution in [3.63, 3.8) is 0 Å². The van der Waals surface area contributed by atoms with Gasteiger partial charge in [-0.2, -0.15) is 8.78 Å². The molecule has 0 atom stereocenters. The normalized spacial score (nSPS) is 11.0. The number of alkyl halides is 2. The molecule has 2 aromatic rings. The number of anilines is 1. The molecule has 0 spiro atoms. The van der Waals surface area contributed by atoms with Crippen LogP contribution < -0.4 is 10.5 Å². The number of carboxylic acids is 1. The molecule has 8 heteroatoms. The summed E-state index contributed by atoms with van der Waals surface area (Å²) in [6.07, 6.45) is 0.968. The third-order valence-corrected chi connectivity index (χ3v) is 1.97. The smallest absolute Gasteiger partial charge is 0.387 e. The molecule has 2 aromatic heterocycles. The van der Waals surface area contributed by atoms with Crippen LogP contribution in [0, 0.1) is 0 Å². The second kappa shape index (κ2) is 3.89. The van der Waals surface area contributed by atoms with Gasteiger partial charge in [-0.05, 0) is 0 Å². The van der Waals surface area contributed by atoms with Gasteiger partial charge in [0.15, 0.2) is 5.58 Å². The Kier molecular flexibility index (Phi) is 2.54. The molecule has 0 radical (unpaired) electrons. The minimum atomic E-state index is -3.00. The minimum absolute atomic E-state index is 0.0170. The van der Waals surface area contributed by atoms with E-state index in [0.717, 1.165) is 12.3 Å². The molecule has 0 aliphatic carbocycles. The predicted octanol–water partition coefficient (Wildman–Crippen LogP) is 1.71. The van der Waals surface area contributed by atoms with Crippen molar-refractivity contribution in [2.75, 3.05) is 5.73 Å². The number of furan rings is 1. The van der Waals surface area contributed by atoms with Crippen molar-refractivity contribution in [3.05, 3.63) is 17.8 Å². The van der Waals surface area contributed by atoms with Crippen LogP contribution in [0.2, 0.25) is 0 Å². The van der Waals surface area contributed by atoms with Crippen molar-refractivity contribution in [1.82, 2.24) is 4.98 Å². The van der Waals surface area contributed by atoms with Crippen LogP contribution in [0.4, 0.5) is 14.7 Å². The van der Waals surface area contributed by atoms with E-state index in [1.165, 1.54) is 0 Å². The van der Waals surface area contributed by atoms with E-state index in [9.17, 15) is 13.6 Å². The number of halogens is 2. The first-order valence-corrected chi connectivity index (χ1v) is 4.35. The van der Waals surface area contributed by atoms with Crippen LogP contribution in [-0.2, 0) is 0 Å². The molecule has 90 valence electrons. The second-order valence-corrected chi connectivity index (χ2v) is 3.04. The van der Waals surface area contributed by atoms with Gasteiger partial charge >= 0.3 is 12.6 Å². The van der Waals surface area contributed by atoms with Crippen molar-refractivity contribution >= 4 is 23.0 Å². The Bertz CT molecular complexity index is 582. The van der Waals surface area contributed by atoms with Crippen LogP contribution in [0.15, 0.2) is 16.7 Å². The first-order chi connectivity index (χ1) is 7.99. The number of aromatic nitrogens is 1. The van der Waals surface area contributed by atoms with Gasteiger partial charge in [0.2, 0.25) is 5.88 Å². The first-order valence-electron chi connectivity index (χ1n) is 4.35. The summed E-state index contributed by atoms with van der Waals surface area (Å²) in [6, 6.07) is 1.09. The highest BCUT2D eigenvalue weighted by molar-refractivity contribution is 6.05. The number of pyridine rings is 1. The number of nitrogen functional groups attached to an aromatic ring is 1. The van der Waals surface area contributed by atoms with Gasteiger partial charge in [0, 0.05) is 6.07 Å². The van der Waals surface area contributed by atoms with Gasteiger partial charge in [-0.1, -0.05) is 0 Å². The summed E-state index contributed by atoms with van der Waals surface area (Å²) in [4.78, 5) is 14.5. The van der Waals surface area contributed by atoms with Crippen LogP contribution in [-0.4, -0.2) is 22.7 Å². The topological polar surface area (TPSA) is 98.6 Å².